The molecule has 1 fully saturated rings. The highest BCUT2D eigenvalue weighted by molar-refractivity contribution is 7.09. The molecule has 2 aromatic rings. The van der Waals surface area contributed by atoms with Crippen molar-refractivity contribution in [3.05, 3.63) is 34.3 Å². The van der Waals surface area contributed by atoms with Crippen LogP contribution in [0.25, 0.3) is 0 Å². The first-order valence-electron chi connectivity index (χ1n) is 8.80. The van der Waals surface area contributed by atoms with Gasteiger partial charge in [0.1, 0.15) is 11.9 Å². The lowest BCUT2D eigenvalue weighted by Crippen LogP contribution is -2.40. The van der Waals surface area contributed by atoms with E-state index in [1.807, 2.05) is 12.4 Å². The molecule has 0 amide bonds. The fraction of sp³-hybridized carbons (Fsp3) is 0.667. The third kappa shape index (κ3) is 3.87. The van der Waals surface area contributed by atoms with Crippen LogP contribution in [-0.2, 0) is 23.2 Å². The lowest BCUT2D eigenvalue weighted by Gasteiger charge is -2.32. The minimum Gasteiger partial charge on any atom is -0.369 e. The number of hydrogen-bond acceptors (Lipinski definition) is 5. The summed E-state index contributed by atoms with van der Waals surface area (Å²) in [4.78, 5) is 9.32. The average Bonchev–Trinajstić information content (AvgIpc) is 3.21. The van der Waals surface area contributed by atoms with Gasteiger partial charge >= 0.3 is 0 Å². The highest BCUT2D eigenvalue weighted by atomic mass is 32.1. The maximum atomic E-state index is 6.06. The van der Waals surface area contributed by atoms with Gasteiger partial charge in [-0.1, -0.05) is 20.8 Å². The van der Waals surface area contributed by atoms with E-state index < -0.39 is 0 Å². The zero-order valence-corrected chi connectivity index (χ0v) is 15.9. The van der Waals surface area contributed by atoms with Gasteiger partial charge in [-0.05, 0) is 19.8 Å². The quantitative estimate of drug-likeness (QED) is 0.896. The lowest BCUT2D eigenvalue weighted by molar-refractivity contribution is -0.0183. The van der Waals surface area contributed by atoms with Crippen LogP contribution in [0.15, 0.2) is 17.8 Å². The normalized spacial score (nSPS) is 22.0. The van der Waals surface area contributed by atoms with Gasteiger partial charge < -0.3 is 14.6 Å². The number of nitrogens with one attached hydrogen (secondary N) is 1. The Labute approximate surface area is 148 Å². The second-order valence-corrected chi connectivity index (χ2v) is 8.24. The van der Waals surface area contributed by atoms with Gasteiger partial charge in [0.2, 0.25) is 0 Å². The van der Waals surface area contributed by atoms with Crippen LogP contribution < -0.4 is 5.32 Å². The first kappa shape index (κ1) is 17.6. The van der Waals surface area contributed by atoms with Gasteiger partial charge in [-0.15, -0.1) is 11.3 Å². The van der Waals surface area contributed by atoms with Crippen LogP contribution in [0.5, 0.6) is 0 Å². The minimum atomic E-state index is 0.0226. The first-order chi connectivity index (χ1) is 11.5. The summed E-state index contributed by atoms with van der Waals surface area (Å²) in [5.41, 5.74) is 1.23. The smallest absolute Gasteiger partial charge is 0.139 e. The molecule has 0 saturated carbocycles. The molecule has 1 aliphatic rings. The summed E-state index contributed by atoms with van der Waals surface area (Å²) in [5, 5.41) is 7.02. The molecule has 0 radical (unpaired) electrons. The highest BCUT2D eigenvalue weighted by Crippen LogP contribution is 2.29. The third-order valence-electron chi connectivity index (χ3n) is 4.40. The summed E-state index contributed by atoms with van der Waals surface area (Å²) in [6.07, 6.45) is 6.11. The summed E-state index contributed by atoms with van der Waals surface area (Å²) in [7, 11) is 0. The molecule has 3 rings (SSSR count). The Morgan fingerprint density at radius 2 is 2.25 bits per heavy atom. The van der Waals surface area contributed by atoms with Crippen LogP contribution in [0.1, 0.15) is 63.2 Å². The van der Waals surface area contributed by atoms with E-state index in [4.69, 9.17) is 9.72 Å². The van der Waals surface area contributed by atoms with E-state index >= 15 is 0 Å². The van der Waals surface area contributed by atoms with E-state index in [1.165, 1.54) is 5.01 Å². The zero-order valence-electron chi connectivity index (χ0n) is 15.1. The Bertz CT molecular complexity index is 658. The highest BCUT2D eigenvalue weighted by Gasteiger charge is 2.30. The average molecular weight is 349 g/mol. The number of rotatable bonds is 5. The van der Waals surface area contributed by atoms with Crippen molar-refractivity contribution in [2.75, 3.05) is 6.61 Å². The van der Waals surface area contributed by atoms with Crippen molar-refractivity contribution in [1.29, 1.82) is 0 Å². The molecule has 0 aliphatic carbocycles. The molecule has 0 spiro atoms. The molecule has 1 N–H and O–H groups in total. The van der Waals surface area contributed by atoms with Crippen LogP contribution in [-0.4, -0.2) is 27.2 Å². The number of imidazole rings is 1. The summed E-state index contributed by atoms with van der Waals surface area (Å²) in [6, 6.07) is 0.284. The van der Waals surface area contributed by atoms with Crippen molar-refractivity contribution in [2.24, 2.45) is 0 Å². The van der Waals surface area contributed by atoms with Crippen LogP contribution in [0.2, 0.25) is 0 Å². The Kier molecular flexibility index (Phi) is 5.37. The Morgan fingerprint density at radius 3 is 2.96 bits per heavy atom. The SMILES string of the molecule is CCn1ccnc1[C@H]1OCCC[C@@H]1NCc1csc(C(C)(C)C)n1. The number of aryl methyl sites for hydroxylation is 1. The number of nitrogens with zero attached hydrogens (tertiary/aromatic N) is 3. The predicted octanol–water partition coefficient (Wildman–Crippen LogP) is 3.67. The summed E-state index contributed by atoms with van der Waals surface area (Å²) >= 11 is 1.75. The molecule has 132 valence electrons. The molecule has 24 heavy (non-hydrogen) atoms. The number of thiazole rings is 1. The van der Waals surface area contributed by atoms with Crippen LogP contribution >= 0.6 is 11.3 Å². The first-order valence-corrected chi connectivity index (χ1v) is 9.68. The largest absolute Gasteiger partial charge is 0.369 e. The monoisotopic (exact) mass is 348 g/mol. The van der Waals surface area contributed by atoms with Gasteiger partial charge in [0.15, 0.2) is 0 Å². The van der Waals surface area contributed by atoms with Crippen molar-refractivity contribution in [3.63, 3.8) is 0 Å². The second-order valence-electron chi connectivity index (χ2n) is 7.39. The lowest BCUT2D eigenvalue weighted by atomic mass is 9.98. The number of aromatic nitrogens is 3. The molecule has 0 aromatic carbocycles. The van der Waals surface area contributed by atoms with Crippen molar-refractivity contribution in [1.82, 2.24) is 19.9 Å². The maximum Gasteiger partial charge on any atom is 0.139 e. The second kappa shape index (κ2) is 7.33. The summed E-state index contributed by atoms with van der Waals surface area (Å²) < 4.78 is 8.23. The maximum absolute atomic E-state index is 6.06. The number of hydrogen-bond donors (Lipinski definition) is 1. The van der Waals surface area contributed by atoms with Gasteiger partial charge in [-0.2, -0.15) is 0 Å². The van der Waals surface area contributed by atoms with Gasteiger partial charge in [0, 0.05) is 48.9 Å². The Balaban J connectivity index is 1.67. The Hall–Kier alpha value is -1.24. The molecule has 1 aliphatic heterocycles. The topological polar surface area (TPSA) is 52.0 Å². The zero-order chi connectivity index (χ0) is 17.2. The van der Waals surface area contributed by atoms with E-state index in [9.17, 15) is 0 Å². The van der Waals surface area contributed by atoms with E-state index in [1.54, 1.807) is 11.3 Å². The summed E-state index contributed by atoms with van der Waals surface area (Å²) in [5.74, 6) is 1.03. The minimum absolute atomic E-state index is 0.0226. The molecular weight excluding hydrogens is 320 g/mol. The molecule has 6 heteroatoms. The van der Waals surface area contributed by atoms with Gasteiger partial charge in [0.05, 0.1) is 10.7 Å². The molecule has 3 heterocycles. The van der Waals surface area contributed by atoms with E-state index in [-0.39, 0.29) is 17.6 Å². The molecular formula is C18H28N4OS. The fourth-order valence-corrected chi connectivity index (χ4v) is 3.97. The summed E-state index contributed by atoms with van der Waals surface area (Å²) in [6.45, 7) is 11.3. The molecule has 2 atom stereocenters. The predicted molar refractivity (Wildman–Crippen MR) is 97.3 cm³/mol. The van der Waals surface area contributed by atoms with Crippen LogP contribution in [0.3, 0.4) is 0 Å². The third-order valence-corrected chi connectivity index (χ3v) is 5.72. The van der Waals surface area contributed by atoms with Gasteiger partial charge in [-0.25, -0.2) is 9.97 Å². The van der Waals surface area contributed by atoms with Crippen molar-refractivity contribution in [3.8, 4) is 0 Å². The molecule has 5 nitrogen and oxygen atoms in total. The van der Waals surface area contributed by atoms with Crippen molar-refractivity contribution >= 4 is 11.3 Å². The fourth-order valence-electron chi connectivity index (χ4n) is 3.06. The molecule has 0 bridgehead atoms. The van der Waals surface area contributed by atoms with E-state index in [0.717, 1.165) is 44.1 Å². The van der Waals surface area contributed by atoms with E-state index in [2.05, 4.69) is 47.9 Å². The molecule has 1 saturated heterocycles. The van der Waals surface area contributed by atoms with E-state index in [0.29, 0.717) is 0 Å². The number of ether oxygens (including phenoxy) is 1. The van der Waals surface area contributed by atoms with Gasteiger partial charge in [-0.3, -0.25) is 0 Å². The standard InChI is InChI=1S/C18H28N4OS/c1-5-22-9-8-19-16(22)15-14(7-6-10-23-15)20-11-13-12-24-17(21-13)18(2,3)4/h8-9,12,14-15,20H,5-7,10-11H2,1-4H3/t14-,15-/m0/s1. The van der Waals surface area contributed by atoms with Crippen molar-refractivity contribution in [2.45, 2.75) is 71.2 Å². The Morgan fingerprint density at radius 1 is 1.42 bits per heavy atom. The molecule has 2 aromatic heterocycles. The van der Waals surface area contributed by atoms with Gasteiger partial charge in [0.25, 0.3) is 0 Å². The van der Waals surface area contributed by atoms with Crippen LogP contribution in [0.4, 0.5) is 0 Å². The van der Waals surface area contributed by atoms with Crippen molar-refractivity contribution < 1.29 is 4.74 Å². The van der Waals surface area contributed by atoms with Crippen LogP contribution in [0, 0.1) is 0 Å². The molecule has 0 unspecified atom stereocenters.